The van der Waals surface area contributed by atoms with Gasteiger partial charge in [-0.05, 0) is 107 Å². The number of hydrogen-bond donors (Lipinski definition) is 6. The average molecular weight is 1260 g/mol. The number of esters is 1. The molecule has 6 N–H and O–H groups in total. The van der Waals surface area contributed by atoms with E-state index in [0.717, 1.165) is 45.8 Å². The summed E-state index contributed by atoms with van der Waals surface area (Å²) in [5, 5.41) is 34.5. The van der Waals surface area contributed by atoms with Crippen LogP contribution in [0.25, 0.3) is 0 Å². The van der Waals surface area contributed by atoms with Crippen molar-refractivity contribution in [3.8, 4) is 0 Å². The van der Waals surface area contributed by atoms with Crippen LogP contribution in [0.15, 0.2) is 0 Å². The minimum atomic E-state index is -1.75. The molecule has 2 fully saturated rings. The van der Waals surface area contributed by atoms with Crippen molar-refractivity contribution in [1.29, 1.82) is 0 Å². The van der Waals surface area contributed by atoms with Gasteiger partial charge in [-0.15, -0.1) is 0 Å². The molecule has 0 aromatic rings. The molecule has 0 bridgehead atoms. The van der Waals surface area contributed by atoms with Gasteiger partial charge in [0, 0.05) is 68.5 Å². The van der Waals surface area contributed by atoms with E-state index in [-0.39, 0.29) is 61.7 Å². The lowest BCUT2D eigenvalue weighted by Gasteiger charge is -2.40. The number of cyclic esters (lactones) is 2. The Hall–Kier alpha value is -5.99. The van der Waals surface area contributed by atoms with Crippen LogP contribution in [-0.4, -0.2) is 270 Å². The number of aliphatic hydroxyl groups excluding tert-OH is 2. The summed E-state index contributed by atoms with van der Waals surface area (Å²) < 4.78 is 5.30. The Morgan fingerprint density at radius 3 is 1.33 bits per heavy atom. The Morgan fingerprint density at radius 1 is 0.472 bits per heavy atom. The lowest BCUT2D eigenvalue weighted by molar-refractivity contribution is -0.155. The third-order valence-corrected chi connectivity index (χ3v) is 16.8. The third kappa shape index (κ3) is 23.6. The van der Waals surface area contributed by atoms with E-state index in [1.54, 1.807) is 34.6 Å². The number of carbonyl (C=O) groups is 11. The molecule has 2 rings (SSSR count). The fourth-order valence-electron chi connectivity index (χ4n) is 11.3. The van der Waals surface area contributed by atoms with Crippen molar-refractivity contribution in [2.75, 3.05) is 88.6 Å². The molecule has 0 spiro atoms. The Bertz CT molecular complexity index is 2400. The number of rotatable bonds is 17. The summed E-state index contributed by atoms with van der Waals surface area (Å²) in [4.78, 5) is 171. The van der Waals surface area contributed by atoms with Gasteiger partial charge in [0.1, 0.15) is 54.4 Å². The number of nitrogens with one attached hydrogen (secondary N) is 4. The molecule has 0 aromatic heterocycles. The molecule has 510 valence electrons. The smallest absolute Gasteiger partial charge is 0.391 e. The van der Waals surface area contributed by atoms with E-state index in [1.165, 1.54) is 65.9 Å². The van der Waals surface area contributed by atoms with Crippen molar-refractivity contribution in [2.24, 2.45) is 41.4 Å². The van der Waals surface area contributed by atoms with Crippen molar-refractivity contribution < 1.29 is 67.7 Å². The van der Waals surface area contributed by atoms with Crippen molar-refractivity contribution >= 4 is 65.2 Å². The van der Waals surface area contributed by atoms with Gasteiger partial charge < -0.3 is 70.5 Å². The zero-order valence-electron chi connectivity index (χ0n) is 57.7. The maximum atomic E-state index is 15.2. The number of aliphatic hydroxyl groups is 2. The molecule has 0 aliphatic carbocycles. The SMILES string of the molecule is CC(C)C[C@@H]1C(=O)N[C@H](CC(C)C)C(=O)N(C)C(C(C)C)C(=O)N(C)C([C@H](O)[C@H](C)CCN2CCN(C)CC2)C(=O)NC([C@@H](C)O)C(=O)N(C)CC(=O)N(C)[C@@H](CC(C)C)C(=O)N[C@H](CC(C)C)C(=O)N(C)[C@H](CC(C)C)C(=O)N[C@H](C)C(=O)OC(=O)N1C. The van der Waals surface area contributed by atoms with E-state index in [1.807, 2.05) is 62.4 Å². The van der Waals surface area contributed by atoms with Gasteiger partial charge in [0.2, 0.25) is 53.2 Å². The number of piperazine rings is 1. The zero-order valence-corrected chi connectivity index (χ0v) is 57.7. The normalized spacial score (nSPS) is 26.9. The van der Waals surface area contributed by atoms with Crippen LogP contribution in [0.3, 0.4) is 0 Å². The minimum Gasteiger partial charge on any atom is -0.391 e. The van der Waals surface area contributed by atoms with E-state index in [4.69, 9.17) is 4.74 Å². The van der Waals surface area contributed by atoms with E-state index < -0.39 is 150 Å². The lowest BCUT2D eigenvalue weighted by atomic mass is 9.91. The standard InChI is InChI=1S/C63H114N12O14/c1-35(2)29-44-58(83)71(19)47(32-38(7)8)54(79)64-42(14)62(87)89-63(88)72(20)48(33-39(9)10)56(81)66-45(30-36(3)4)59(84)73(21)51(40(11)12)61(86)74(22)52(53(78)41(13)23-24-75-27-25-68(16)26-28-75)57(82)67-50(43(15)76)60(85)69(17)34-49(77)70(18)46(31-37(5)6)55(80)65-44/h35-48,50-53,76,78H,23-34H2,1-22H3,(H,64,79)(H,65,80)(H,66,81)(H,67,82)/t41-,42-,43-,44-,45-,46+,47-,48-,50?,51?,52?,53-/m1/s1. The summed E-state index contributed by atoms with van der Waals surface area (Å²) in [5.41, 5.74) is 0. The molecule has 26 nitrogen and oxygen atoms in total. The first-order valence-corrected chi connectivity index (χ1v) is 31.9. The van der Waals surface area contributed by atoms with Crippen molar-refractivity contribution in [1.82, 2.24) is 60.5 Å². The second kappa shape index (κ2) is 36.2. The molecule has 12 atom stereocenters. The summed E-state index contributed by atoms with van der Waals surface area (Å²) in [6.45, 7) is 29.0. The third-order valence-electron chi connectivity index (χ3n) is 16.8. The summed E-state index contributed by atoms with van der Waals surface area (Å²) in [5.74, 6) is -10.5. The van der Waals surface area contributed by atoms with E-state index in [2.05, 4.69) is 31.1 Å². The monoisotopic (exact) mass is 1260 g/mol. The van der Waals surface area contributed by atoms with Gasteiger partial charge in [-0.1, -0.05) is 90.0 Å². The number of amides is 10. The van der Waals surface area contributed by atoms with Gasteiger partial charge in [0.05, 0.1) is 18.8 Å². The fourth-order valence-corrected chi connectivity index (χ4v) is 11.3. The fraction of sp³-hybridized carbons (Fsp3) is 0.825. The first-order chi connectivity index (χ1) is 41.1. The maximum absolute atomic E-state index is 15.2. The van der Waals surface area contributed by atoms with Crippen molar-refractivity contribution in [3.05, 3.63) is 0 Å². The predicted octanol–water partition coefficient (Wildman–Crippen LogP) is 1.59. The number of nitrogens with zero attached hydrogens (tertiary/aromatic N) is 8. The molecule has 2 heterocycles. The van der Waals surface area contributed by atoms with Gasteiger partial charge in [-0.25, -0.2) is 9.59 Å². The molecule has 10 amide bonds. The lowest BCUT2D eigenvalue weighted by Crippen LogP contribution is -2.64. The van der Waals surface area contributed by atoms with Crippen LogP contribution in [0.2, 0.25) is 0 Å². The van der Waals surface area contributed by atoms with E-state index in [0.29, 0.717) is 13.0 Å². The first-order valence-electron chi connectivity index (χ1n) is 31.9. The molecule has 2 saturated heterocycles. The number of ether oxygens (including phenoxy) is 1. The highest BCUT2D eigenvalue weighted by Crippen LogP contribution is 2.25. The summed E-state index contributed by atoms with van der Waals surface area (Å²) in [6.07, 6.45) is -3.63. The van der Waals surface area contributed by atoms with Gasteiger partial charge in [0.25, 0.3) is 0 Å². The molecular formula is C63H114N12O14. The van der Waals surface area contributed by atoms with Gasteiger partial charge >= 0.3 is 12.1 Å². The molecule has 0 aromatic carbocycles. The van der Waals surface area contributed by atoms with Crippen LogP contribution in [0, 0.1) is 41.4 Å². The van der Waals surface area contributed by atoms with Crippen LogP contribution < -0.4 is 21.3 Å². The Balaban J connectivity index is 2.97. The molecule has 89 heavy (non-hydrogen) atoms. The zero-order chi connectivity index (χ0) is 68.4. The molecule has 26 heteroatoms. The second-order valence-electron chi connectivity index (χ2n) is 27.7. The summed E-state index contributed by atoms with van der Waals surface area (Å²) >= 11 is 0. The van der Waals surface area contributed by atoms with Crippen LogP contribution in [-0.2, 0) is 52.7 Å². The molecule has 0 saturated carbocycles. The van der Waals surface area contributed by atoms with Crippen molar-refractivity contribution in [2.45, 2.75) is 209 Å². The molecule has 3 unspecified atom stereocenters. The van der Waals surface area contributed by atoms with Gasteiger partial charge in [-0.3, -0.25) is 48.1 Å². The molecule has 0 radical (unpaired) electrons. The molecular weight excluding hydrogens is 1150 g/mol. The molecule has 2 aliphatic rings. The summed E-state index contributed by atoms with van der Waals surface area (Å²) in [6, 6.07) is -12.5. The van der Waals surface area contributed by atoms with Gasteiger partial charge in [0.15, 0.2) is 0 Å². The number of hydrogen-bond acceptors (Lipinski definition) is 16. The minimum absolute atomic E-state index is 0.0360. The number of carbonyl (C=O) groups excluding carboxylic acids is 11. The predicted molar refractivity (Wildman–Crippen MR) is 338 cm³/mol. The Labute approximate surface area is 530 Å². The highest BCUT2D eigenvalue weighted by atomic mass is 16.6. The van der Waals surface area contributed by atoms with E-state index in [9.17, 15) is 53.4 Å². The summed E-state index contributed by atoms with van der Waals surface area (Å²) in [7, 11) is 10.0. The largest absolute Gasteiger partial charge is 0.417 e. The van der Waals surface area contributed by atoms with Crippen molar-refractivity contribution in [3.63, 3.8) is 0 Å². The van der Waals surface area contributed by atoms with Crippen LogP contribution >= 0.6 is 0 Å². The second-order valence-corrected chi connectivity index (χ2v) is 27.7. The average Bonchev–Trinajstić information content (AvgIpc) is 1.39. The Kier molecular flexibility index (Phi) is 32.1. The van der Waals surface area contributed by atoms with Crippen LogP contribution in [0.4, 0.5) is 4.79 Å². The topological polar surface area (TPSA) is 312 Å². The highest BCUT2D eigenvalue weighted by Gasteiger charge is 2.45. The van der Waals surface area contributed by atoms with Crippen LogP contribution in [0.5, 0.6) is 0 Å². The number of likely N-dealkylation sites (N-methyl/N-ethyl adjacent to an activating group) is 7. The maximum Gasteiger partial charge on any atom is 0.417 e. The molecule has 2 aliphatic heterocycles. The first kappa shape index (κ1) is 79.1. The van der Waals surface area contributed by atoms with Gasteiger partial charge in [-0.2, -0.15) is 0 Å². The Morgan fingerprint density at radius 2 is 0.888 bits per heavy atom. The highest BCUT2D eigenvalue weighted by molar-refractivity contribution is 5.99. The van der Waals surface area contributed by atoms with Crippen LogP contribution in [0.1, 0.15) is 142 Å². The van der Waals surface area contributed by atoms with E-state index >= 15 is 9.59 Å². The quantitative estimate of drug-likeness (QED) is 0.0890.